The van der Waals surface area contributed by atoms with E-state index in [1.807, 2.05) is 5.32 Å². The Balaban J connectivity index is 1.76. The highest BCUT2D eigenvalue weighted by molar-refractivity contribution is 5.80. The van der Waals surface area contributed by atoms with Crippen molar-refractivity contribution >= 4 is 12.0 Å². The topological polar surface area (TPSA) is 87.5 Å². The molecule has 1 aliphatic carbocycles. The number of carbonyl (C=O) groups is 2. The maximum Gasteiger partial charge on any atom is 0.413 e. The first-order valence-corrected chi connectivity index (χ1v) is 7.97. The van der Waals surface area contributed by atoms with Gasteiger partial charge in [-0.1, -0.05) is 6.42 Å². The molecule has 1 saturated heterocycles. The predicted molar refractivity (Wildman–Crippen MR) is 79.5 cm³/mol. The maximum atomic E-state index is 13.3. The number of aryl methyl sites for hydroxylation is 1. The fourth-order valence-electron chi connectivity index (χ4n) is 3.95. The van der Waals surface area contributed by atoms with Gasteiger partial charge in [-0.2, -0.15) is 18.3 Å². The lowest BCUT2D eigenvalue weighted by molar-refractivity contribution is -0.155. The number of halogens is 3. The summed E-state index contributed by atoms with van der Waals surface area (Å²) in [6.07, 6.45) is -0.568. The van der Waals surface area contributed by atoms with Crippen molar-refractivity contribution in [2.75, 3.05) is 13.1 Å². The zero-order valence-corrected chi connectivity index (χ0v) is 13.6. The van der Waals surface area contributed by atoms with Gasteiger partial charge in [0.05, 0.1) is 11.6 Å². The highest BCUT2D eigenvalue weighted by Gasteiger charge is 2.56. The third kappa shape index (κ3) is 3.05. The van der Waals surface area contributed by atoms with Crippen molar-refractivity contribution in [3.8, 4) is 0 Å². The highest BCUT2D eigenvalue weighted by atomic mass is 19.4. The van der Waals surface area contributed by atoms with Crippen molar-refractivity contribution in [1.29, 1.82) is 0 Å². The summed E-state index contributed by atoms with van der Waals surface area (Å²) >= 11 is 0. The van der Waals surface area contributed by atoms with Gasteiger partial charge in [0.1, 0.15) is 0 Å². The molecule has 25 heavy (non-hydrogen) atoms. The molecule has 0 bridgehead atoms. The molecule has 2 fully saturated rings. The minimum atomic E-state index is -4.68. The first-order chi connectivity index (χ1) is 11.6. The van der Waals surface area contributed by atoms with Crippen molar-refractivity contribution in [3.63, 3.8) is 0 Å². The van der Waals surface area contributed by atoms with Gasteiger partial charge in [-0.3, -0.25) is 9.48 Å². The molecule has 2 N–H and O–H groups in total. The van der Waals surface area contributed by atoms with Crippen LogP contribution >= 0.6 is 0 Å². The van der Waals surface area contributed by atoms with E-state index < -0.39 is 29.6 Å². The van der Waals surface area contributed by atoms with E-state index in [1.54, 1.807) is 0 Å². The smallest absolute Gasteiger partial charge is 0.413 e. The van der Waals surface area contributed by atoms with Crippen molar-refractivity contribution in [2.24, 2.45) is 18.4 Å². The van der Waals surface area contributed by atoms with E-state index in [9.17, 15) is 27.9 Å². The molecule has 1 aromatic rings. The van der Waals surface area contributed by atoms with Crippen molar-refractivity contribution in [3.05, 3.63) is 18.0 Å². The first-order valence-electron chi connectivity index (χ1n) is 7.97. The Morgan fingerprint density at radius 3 is 2.72 bits per heavy atom. The van der Waals surface area contributed by atoms with Gasteiger partial charge in [-0.15, -0.1) is 0 Å². The highest BCUT2D eigenvalue weighted by Crippen LogP contribution is 2.49. The molecule has 138 valence electrons. The standard InChI is InChI=1S/C15H19F3N4O3/c1-21-6-9(5-19-21)11(15(16,17)18)20-13(25)22-7-10-3-2-4-14(10,8-22)12(23)24/h5-6,10-11H,2-4,7-8H2,1H3,(H,20,25)(H,23,24)/t10-,11?,14+/m0/s1. The number of amides is 2. The quantitative estimate of drug-likeness (QED) is 0.862. The van der Waals surface area contributed by atoms with E-state index in [1.165, 1.54) is 22.8 Å². The number of urea groups is 1. The molecule has 2 heterocycles. The summed E-state index contributed by atoms with van der Waals surface area (Å²) in [6, 6.07) is -3.09. The van der Waals surface area contributed by atoms with Gasteiger partial charge in [0.2, 0.25) is 0 Å². The van der Waals surface area contributed by atoms with Gasteiger partial charge in [0.25, 0.3) is 0 Å². The minimum absolute atomic E-state index is 0.0591. The summed E-state index contributed by atoms with van der Waals surface area (Å²) in [5, 5.41) is 15.2. The number of nitrogens with zero attached hydrogens (tertiary/aromatic N) is 3. The zero-order chi connectivity index (χ0) is 18.4. The van der Waals surface area contributed by atoms with Crippen LogP contribution in [-0.2, 0) is 11.8 Å². The number of likely N-dealkylation sites (tertiary alicyclic amines) is 1. The Labute approximate surface area is 141 Å². The Morgan fingerprint density at radius 1 is 1.48 bits per heavy atom. The van der Waals surface area contributed by atoms with E-state index in [2.05, 4.69) is 5.10 Å². The van der Waals surface area contributed by atoms with Gasteiger partial charge >= 0.3 is 18.2 Å². The molecule has 0 radical (unpaired) electrons. The van der Waals surface area contributed by atoms with Crippen LogP contribution < -0.4 is 5.32 Å². The van der Waals surface area contributed by atoms with Crippen LogP contribution in [0.5, 0.6) is 0 Å². The molecule has 3 atom stereocenters. The number of hydrogen-bond acceptors (Lipinski definition) is 3. The molecule has 0 spiro atoms. The molecular weight excluding hydrogens is 341 g/mol. The number of nitrogens with one attached hydrogen (secondary N) is 1. The molecule has 7 nitrogen and oxygen atoms in total. The van der Waals surface area contributed by atoms with E-state index in [-0.39, 0.29) is 24.6 Å². The van der Waals surface area contributed by atoms with Gasteiger partial charge < -0.3 is 15.3 Å². The minimum Gasteiger partial charge on any atom is -0.481 e. The number of alkyl halides is 3. The molecule has 2 aliphatic rings. The molecule has 1 aromatic heterocycles. The largest absolute Gasteiger partial charge is 0.481 e. The second-order valence-electron chi connectivity index (χ2n) is 6.80. The average molecular weight is 360 g/mol. The van der Waals surface area contributed by atoms with Gasteiger partial charge in [-0.05, 0) is 18.8 Å². The number of fused-ring (bicyclic) bond motifs is 1. The second kappa shape index (κ2) is 5.92. The summed E-state index contributed by atoms with van der Waals surface area (Å²) < 4.78 is 41.2. The summed E-state index contributed by atoms with van der Waals surface area (Å²) in [6.45, 7) is 0.103. The number of carbonyl (C=O) groups excluding carboxylic acids is 1. The van der Waals surface area contributed by atoms with Gasteiger partial charge in [0, 0.05) is 31.9 Å². The summed E-state index contributed by atoms with van der Waals surface area (Å²) in [5.41, 5.74) is -1.20. The first kappa shape index (κ1) is 17.6. The van der Waals surface area contributed by atoms with Crippen molar-refractivity contribution in [1.82, 2.24) is 20.0 Å². The zero-order valence-electron chi connectivity index (χ0n) is 13.6. The third-order valence-corrected chi connectivity index (χ3v) is 5.24. The van der Waals surface area contributed by atoms with Crippen LogP contribution in [0.2, 0.25) is 0 Å². The van der Waals surface area contributed by atoms with E-state index in [0.717, 1.165) is 12.6 Å². The molecule has 2 amide bonds. The molecule has 1 aliphatic heterocycles. The second-order valence-corrected chi connectivity index (χ2v) is 6.80. The molecule has 10 heteroatoms. The summed E-state index contributed by atoms with van der Waals surface area (Å²) in [5.74, 6) is -1.19. The van der Waals surface area contributed by atoms with Crippen LogP contribution in [0.4, 0.5) is 18.0 Å². The van der Waals surface area contributed by atoms with Crippen molar-refractivity contribution in [2.45, 2.75) is 31.5 Å². The van der Waals surface area contributed by atoms with E-state index >= 15 is 0 Å². The number of carboxylic acid groups (broad SMARTS) is 1. The Kier molecular flexibility index (Phi) is 4.16. The fourth-order valence-corrected chi connectivity index (χ4v) is 3.95. The lowest BCUT2D eigenvalue weighted by atomic mass is 9.81. The van der Waals surface area contributed by atoms with E-state index in [0.29, 0.717) is 12.8 Å². The van der Waals surface area contributed by atoms with Gasteiger partial charge in [0.15, 0.2) is 6.04 Å². The summed E-state index contributed by atoms with van der Waals surface area (Å²) in [4.78, 5) is 25.2. The Morgan fingerprint density at radius 2 is 2.20 bits per heavy atom. The maximum absolute atomic E-state index is 13.3. The van der Waals surface area contributed by atoms with Crippen LogP contribution in [-0.4, -0.2) is 51.1 Å². The molecular formula is C15H19F3N4O3. The monoisotopic (exact) mass is 360 g/mol. The van der Waals surface area contributed by atoms with Crippen LogP contribution in [0.15, 0.2) is 12.4 Å². The number of aliphatic carboxylic acids is 1. The summed E-state index contributed by atoms with van der Waals surface area (Å²) in [7, 11) is 1.48. The molecule has 1 saturated carbocycles. The molecule has 1 unspecified atom stereocenters. The number of aromatic nitrogens is 2. The lowest BCUT2D eigenvalue weighted by Crippen LogP contribution is -2.46. The Hall–Kier alpha value is -2.26. The van der Waals surface area contributed by atoms with Gasteiger partial charge in [-0.25, -0.2) is 4.79 Å². The van der Waals surface area contributed by atoms with Crippen LogP contribution in [0.3, 0.4) is 0 Å². The fraction of sp³-hybridized carbons (Fsp3) is 0.667. The Bertz CT molecular complexity index is 690. The molecule has 3 rings (SSSR count). The van der Waals surface area contributed by atoms with Crippen LogP contribution in [0.25, 0.3) is 0 Å². The molecule has 0 aromatic carbocycles. The van der Waals surface area contributed by atoms with Crippen LogP contribution in [0, 0.1) is 11.3 Å². The number of rotatable bonds is 3. The van der Waals surface area contributed by atoms with Crippen LogP contribution in [0.1, 0.15) is 30.9 Å². The number of hydrogen-bond donors (Lipinski definition) is 2. The predicted octanol–water partition coefficient (Wildman–Crippen LogP) is 1.92. The normalized spacial score (nSPS) is 27.2. The van der Waals surface area contributed by atoms with E-state index in [4.69, 9.17) is 0 Å². The number of carboxylic acids is 1. The van der Waals surface area contributed by atoms with Crippen molar-refractivity contribution < 1.29 is 27.9 Å². The lowest BCUT2D eigenvalue weighted by Gasteiger charge is -2.26. The third-order valence-electron chi connectivity index (χ3n) is 5.24. The average Bonchev–Trinajstić information content (AvgIpc) is 3.16. The SMILES string of the molecule is Cn1cc(C(NC(=O)N2C[C@@H]3CCC[C@@]3(C(=O)O)C2)C(F)(F)F)cn1.